The first-order valence-corrected chi connectivity index (χ1v) is 9.38. The number of allylic oxidation sites excluding steroid dienone is 1. The Morgan fingerprint density at radius 1 is 0.880 bits per heavy atom. The molecule has 0 saturated carbocycles. The fourth-order valence-electron chi connectivity index (χ4n) is 2.61. The highest BCUT2D eigenvalue weighted by Crippen LogP contribution is 2.31. The van der Waals surface area contributed by atoms with Gasteiger partial charge in [-0.25, -0.2) is 0 Å². The van der Waals surface area contributed by atoms with Gasteiger partial charge in [0, 0.05) is 20.3 Å². The normalized spacial score (nSPS) is 11.4. The summed E-state index contributed by atoms with van der Waals surface area (Å²) in [5.41, 5.74) is 5.56. The van der Waals surface area contributed by atoms with Crippen LogP contribution < -0.4 is 0 Å². The summed E-state index contributed by atoms with van der Waals surface area (Å²) in [6.07, 6.45) is 0. The van der Waals surface area contributed by atoms with E-state index in [4.69, 9.17) is 16.6 Å². The Morgan fingerprint density at radius 3 is 2.32 bits per heavy atom. The molecule has 3 rings (SSSR count). The third kappa shape index (κ3) is 4.28. The summed E-state index contributed by atoms with van der Waals surface area (Å²) in [4.78, 5) is 7.29. The molecule has 2 aromatic carbocycles. The van der Waals surface area contributed by atoms with E-state index in [2.05, 4.69) is 51.1 Å². The van der Waals surface area contributed by atoms with Crippen LogP contribution in [0.1, 0.15) is 31.2 Å². The van der Waals surface area contributed by atoms with Crippen LogP contribution in [0.2, 0.25) is 5.02 Å². The zero-order valence-corrected chi connectivity index (χ0v) is 16.2. The van der Waals surface area contributed by atoms with Gasteiger partial charge in [-0.2, -0.15) is 0 Å². The highest BCUT2D eigenvalue weighted by atomic mass is 35.5. The Balaban J connectivity index is 1.94. The van der Waals surface area contributed by atoms with Gasteiger partial charge in [0.05, 0.1) is 11.4 Å². The molecule has 0 fully saturated rings. The van der Waals surface area contributed by atoms with Crippen LogP contribution in [0.4, 0.5) is 0 Å². The van der Waals surface area contributed by atoms with Crippen molar-refractivity contribution in [2.24, 2.45) is 4.99 Å². The predicted molar refractivity (Wildman–Crippen MR) is 112 cm³/mol. The molecule has 1 aromatic heterocycles. The Morgan fingerprint density at radius 2 is 1.64 bits per heavy atom. The first kappa shape index (κ1) is 17.7. The van der Waals surface area contributed by atoms with E-state index in [1.54, 1.807) is 11.3 Å². The number of benzene rings is 2. The second kappa shape index (κ2) is 7.81. The van der Waals surface area contributed by atoms with E-state index in [1.165, 1.54) is 15.3 Å². The predicted octanol–water partition coefficient (Wildman–Crippen LogP) is 7.33. The molecule has 1 nitrogen and oxygen atoms in total. The van der Waals surface area contributed by atoms with Gasteiger partial charge in [0.2, 0.25) is 0 Å². The van der Waals surface area contributed by atoms with Crippen LogP contribution in [0.15, 0.2) is 77.3 Å². The largest absolute Gasteiger partial charge is 0.252 e. The van der Waals surface area contributed by atoms with Crippen LogP contribution in [-0.2, 0) is 0 Å². The molecule has 0 aliphatic carbocycles. The zero-order valence-electron chi connectivity index (χ0n) is 14.6. The minimum atomic E-state index is 0.758. The van der Waals surface area contributed by atoms with E-state index in [0.717, 1.165) is 27.6 Å². The van der Waals surface area contributed by atoms with Crippen LogP contribution in [0, 0.1) is 0 Å². The Kier molecular flexibility index (Phi) is 5.52. The van der Waals surface area contributed by atoms with E-state index in [1.807, 2.05) is 36.4 Å². The lowest BCUT2D eigenvalue weighted by molar-refractivity contribution is 1.33. The van der Waals surface area contributed by atoms with E-state index >= 15 is 0 Å². The number of aliphatic imine (C=N–C) groups is 1. The molecule has 0 bridgehead atoms. The molecule has 0 aliphatic heterocycles. The maximum absolute atomic E-state index is 6.11. The molecule has 0 radical (unpaired) electrons. The Labute approximate surface area is 158 Å². The van der Waals surface area contributed by atoms with Crippen LogP contribution in [0.25, 0.3) is 16.1 Å². The highest BCUT2D eigenvalue weighted by molar-refractivity contribution is 7.17. The van der Waals surface area contributed by atoms with Gasteiger partial charge in [0.1, 0.15) is 0 Å². The number of thiophene rings is 1. The SMILES string of the molecule is CC(=NC(=C(C)C)c1ccccc1)c1ccc(-c2cccc(Cl)c2)s1. The molecule has 0 spiro atoms. The van der Waals surface area contributed by atoms with Gasteiger partial charge < -0.3 is 0 Å². The molecule has 3 heteroatoms. The fraction of sp³-hybridized carbons (Fsp3) is 0.136. The van der Waals surface area contributed by atoms with E-state index in [0.29, 0.717) is 0 Å². The average Bonchev–Trinajstić information content (AvgIpc) is 3.10. The van der Waals surface area contributed by atoms with Gasteiger partial charge >= 0.3 is 0 Å². The third-order valence-electron chi connectivity index (χ3n) is 3.87. The summed E-state index contributed by atoms with van der Waals surface area (Å²) in [5, 5.41) is 0.758. The van der Waals surface area contributed by atoms with E-state index in [-0.39, 0.29) is 0 Å². The molecule has 3 aromatic rings. The van der Waals surface area contributed by atoms with Crippen molar-refractivity contribution in [1.82, 2.24) is 0 Å². The summed E-state index contributed by atoms with van der Waals surface area (Å²) < 4.78 is 0. The van der Waals surface area contributed by atoms with Crippen molar-refractivity contribution in [3.63, 3.8) is 0 Å². The van der Waals surface area contributed by atoms with Crippen LogP contribution in [0.3, 0.4) is 0 Å². The van der Waals surface area contributed by atoms with Crippen molar-refractivity contribution in [1.29, 1.82) is 0 Å². The highest BCUT2D eigenvalue weighted by Gasteiger charge is 2.08. The number of hydrogen-bond donors (Lipinski definition) is 0. The molecular formula is C22H20ClNS. The Hall–Kier alpha value is -2.16. The summed E-state index contributed by atoms with van der Waals surface area (Å²) in [5.74, 6) is 0. The van der Waals surface area contributed by atoms with Gasteiger partial charge in [0.25, 0.3) is 0 Å². The summed E-state index contributed by atoms with van der Waals surface area (Å²) in [6.45, 7) is 6.27. The first-order chi connectivity index (χ1) is 12.0. The molecule has 126 valence electrons. The molecule has 0 atom stereocenters. The zero-order chi connectivity index (χ0) is 17.8. The number of rotatable bonds is 4. The van der Waals surface area contributed by atoms with Gasteiger partial charge in [-0.15, -0.1) is 11.3 Å². The fourth-order valence-corrected chi connectivity index (χ4v) is 3.75. The number of nitrogens with zero attached hydrogens (tertiary/aromatic N) is 1. The lowest BCUT2D eigenvalue weighted by Crippen LogP contribution is -1.93. The molecule has 0 N–H and O–H groups in total. The maximum Gasteiger partial charge on any atom is 0.0692 e. The summed E-state index contributed by atoms with van der Waals surface area (Å²) >= 11 is 7.85. The summed E-state index contributed by atoms with van der Waals surface area (Å²) in [7, 11) is 0. The lowest BCUT2D eigenvalue weighted by Gasteiger charge is -2.07. The minimum absolute atomic E-state index is 0.758. The second-order valence-corrected chi connectivity index (χ2v) is 7.61. The lowest BCUT2D eigenvalue weighted by atomic mass is 10.1. The van der Waals surface area contributed by atoms with Crippen molar-refractivity contribution < 1.29 is 0 Å². The van der Waals surface area contributed by atoms with Gasteiger partial charge in [-0.1, -0.05) is 59.6 Å². The first-order valence-electron chi connectivity index (χ1n) is 8.19. The topological polar surface area (TPSA) is 12.4 Å². The second-order valence-electron chi connectivity index (χ2n) is 6.09. The molecule has 0 aliphatic rings. The van der Waals surface area contributed by atoms with Crippen molar-refractivity contribution in [3.8, 4) is 10.4 Å². The van der Waals surface area contributed by atoms with Gasteiger partial charge in [0.15, 0.2) is 0 Å². The summed E-state index contributed by atoms with van der Waals surface area (Å²) in [6, 6.07) is 22.5. The van der Waals surface area contributed by atoms with E-state index < -0.39 is 0 Å². The molecular weight excluding hydrogens is 346 g/mol. The quantitative estimate of drug-likeness (QED) is 0.429. The van der Waals surface area contributed by atoms with Gasteiger partial charge in [-0.3, -0.25) is 4.99 Å². The number of halogens is 1. The smallest absolute Gasteiger partial charge is 0.0692 e. The van der Waals surface area contributed by atoms with E-state index in [9.17, 15) is 0 Å². The van der Waals surface area contributed by atoms with Crippen molar-refractivity contribution in [3.05, 3.63) is 87.8 Å². The van der Waals surface area contributed by atoms with Crippen LogP contribution in [-0.4, -0.2) is 5.71 Å². The average molecular weight is 366 g/mol. The minimum Gasteiger partial charge on any atom is -0.252 e. The van der Waals surface area contributed by atoms with Crippen LogP contribution >= 0.6 is 22.9 Å². The van der Waals surface area contributed by atoms with Crippen molar-refractivity contribution in [2.45, 2.75) is 20.8 Å². The van der Waals surface area contributed by atoms with Gasteiger partial charge in [-0.05, 0) is 50.6 Å². The maximum atomic E-state index is 6.11. The molecule has 0 saturated heterocycles. The molecule has 25 heavy (non-hydrogen) atoms. The Bertz CT molecular complexity index is 931. The molecule has 1 heterocycles. The van der Waals surface area contributed by atoms with Crippen molar-refractivity contribution in [2.75, 3.05) is 0 Å². The van der Waals surface area contributed by atoms with Crippen LogP contribution in [0.5, 0.6) is 0 Å². The third-order valence-corrected chi connectivity index (χ3v) is 5.35. The molecule has 0 unspecified atom stereocenters. The van der Waals surface area contributed by atoms with Crippen molar-refractivity contribution >= 4 is 34.3 Å². The monoisotopic (exact) mass is 365 g/mol. The molecule has 0 amide bonds. The standard InChI is InChI=1S/C22H20ClNS/c1-15(2)22(17-8-5-4-6-9-17)24-16(3)20-12-13-21(25-20)18-10-7-11-19(23)14-18/h4-14H,1-3H3. The number of hydrogen-bond acceptors (Lipinski definition) is 2.